The average Bonchev–Trinajstić information content (AvgIpc) is 2.34. The van der Waals surface area contributed by atoms with Crippen molar-refractivity contribution >= 4 is 39.0 Å². The van der Waals surface area contributed by atoms with Crippen LogP contribution in [0.3, 0.4) is 0 Å². The van der Waals surface area contributed by atoms with E-state index >= 15 is 0 Å². The lowest BCUT2D eigenvalue weighted by atomic mass is 10.3. The molecule has 1 atom stereocenters. The van der Waals surface area contributed by atoms with Crippen molar-refractivity contribution in [2.45, 2.75) is 71.1 Å². The maximum atomic E-state index is 6.50. The molecule has 110 valence electrons. The van der Waals surface area contributed by atoms with Crippen LogP contribution < -0.4 is 0 Å². The molecule has 0 aromatic heterocycles. The summed E-state index contributed by atoms with van der Waals surface area (Å²) in [6, 6.07) is 3.60. The molecular formula is C15H29IOSi2. The fraction of sp³-hybridized carbons (Fsp3) is 0.733. The zero-order chi connectivity index (χ0) is 14.9. The molecule has 0 unspecified atom stereocenters. The predicted molar refractivity (Wildman–Crippen MR) is 101 cm³/mol. The van der Waals surface area contributed by atoms with E-state index in [4.69, 9.17) is 4.43 Å². The second kappa shape index (κ2) is 9.38. The van der Waals surface area contributed by atoms with Crippen molar-refractivity contribution in [2.24, 2.45) is 0 Å². The van der Waals surface area contributed by atoms with Crippen molar-refractivity contribution in [3.05, 3.63) is 10.2 Å². The van der Waals surface area contributed by atoms with E-state index in [0.717, 1.165) is 6.42 Å². The lowest BCUT2D eigenvalue weighted by Crippen LogP contribution is -2.39. The summed E-state index contributed by atoms with van der Waals surface area (Å²) in [6.07, 6.45) is 3.20. The maximum Gasteiger partial charge on any atom is 0.192 e. The molecule has 0 aliphatic carbocycles. The molecule has 4 heteroatoms. The van der Waals surface area contributed by atoms with E-state index in [1.165, 1.54) is 18.1 Å². The molecule has 1 nitrogen and oxygen atoms in total. The highest BCUT2D eigenvalue weighted by molar-refractivity contribution is 14.1. The third kappa shape index (κ3) is 8.33. The Kier molecular flexibility index (Phi) is 9.59. The maximum absolute atomic E-state index is 6.50. The lowest BCUT2D eigenvalue weighted by Gasteiger charge is -2.31. The molecule has 0 fully saturated rings. The first-order valence-electron chi connectivity index (χ1n) is 7.27. The SMILES string of the molecule is CC[Si](CC)(CC)O[C@@H](/C=C/I)CC#C[Si](C)(C)C. The van der Waals surface area contributed by atoms with Crippen LogP contribution in [0.15, 0.2) is 10.2 Å². The zero-order valence-electron chi connectivity index (χ0n) is 13.3. The summed E-state index contributed by atoms with van der Waals surface area (Å²) in [5.41, 5.74) is 3.44. The molecule has 0 aromatic rings. The van der Waals surface area contributed by atoms with Gasteiger partial charge in [-0.15, -0.1) is 11.5 Å². The van der Waals surface area contributed by atoms with E-state index in [0.29, 0.717) is 0 Å². The largest absolute Gasteiger partial charge is 0.410 e. The van der Waals surface area contributed by atoms with Gasteiger partial charge < -0.3 is 4.43 Å². The molecule has 0 saturated carbocycles. The molecule has 0 radical (unpaired) electrons. The predicted octanol–water partition coefficient (Wildman–Crippen LogP) is 5.60. The summed E-state index contributed by atoms with van der Waals surface area (Å²) < 4.78 is 8.57. The van der Waals surface area contributed by atoms with Crippen molar-refractivity contribution < 1.29 is 4.43 Å². The van der Waals surface area contributed by atoms with E-state index in [1.54, 1.807) is 0 Å². The topological polar surface area (TPSA) is 9.23 Å². The Morgan fingerprint density at radius 2 is 1.63 bits per heavy atom. The van der Waals surface area contributed by atoms with E-state index in [9.17, 15) is 0 Å². The van der Waals surface area contributed by atoms with Crippen molar-refractivity contribution in [3.63, 3.8) is 0 Å². The fourth-order valence-electron chi connectivity index (χ4n) is 1.97. The average molecular weight is 408 g/mol. The first-order valence-corrected chi connectivity index (χ1v) is 14.5. The molecule has 0 N–H and O–H groups in total. The van der Waals surface area contributed by atoms with E-state index < -0.39 is 16.4 Å². The first kappa shape index (κ1) is 19.4. The van der Waals surface area contributed by atoms with Gasteiger partial charge in [-0.2, -0.15) is 0 Å². The van der Waals surface area contributed by atoms with E-state index in [1.807, 2.05) is 0 Å². The summed E-state index contributed by atoms with van der Waals surface area (Å²) >= 11 is 2.27. The minimum absolute atomic E-state index is 0.187. The van der Waals surface area contributed by atoms with Gasteiger partial charge in [-0.05, 0) is 22.2 Å². The third-order valence-electron chi connectivity index (χ3n) is 3.39. The smallest absolute Gasteiger partial charge is 0.192 e. The Morgan fingerprint density at radius 3 is 2.00 bits per heavy atom. The Labute approximate surface area is 135 Å². The summed E-state index contributed by atoms with van der Waals surface area (Å²) in [4.78, 5) is 0. The number of hydrogen-bond donors (Lipinski definition) is 0. The molecule has 0 aliphatic heterocycles. The molecule has 0 aliphatic rings. The molecule has 0 heterocycles. The molecule has 0 bridgehead atoms. The summed E-state index contributed by atoms with van der Waals surface area (Å²) in [7, 11) is -2.79. The van der Waals surface area contributed by atoms with Crippen molar-refractivity contribution in [1.82, 2.24) is 0 Å². The summed E-state index contributed by atoms with van der Waals surface area (Å²) in [5.74, 6) is 3.36. The first-order chi connectivity index (χ1) is 8.82. The van der Waals surface area contributed by atoms with Crippen LogP contribution in [0.2, 0.25) is 37.8 Å². The van der Waals surface area contributed by atoms with Gasteiger partial charge in [-0.25, -0.2) is 0 Å². The van der Waals surface area contributed by atoms with Gasteiger partial charge >= 0.3 is 0 Å². The highest BCUT2D eigenvalue weighted by atomic mass is 127. The van der Waals surface area contributed by atoms with Crippen LogP contribution in [0.5, 0.6) is 0 Å². The Bertz CT molecular complexity index is 324. The minimum atomic E-state index is -1.52. The van der Waals surface area contributed by atoms with Gasteiger partial charge in [0.05, 0.1) is 6.10 Å². The Balaban J connectivity index is 4.77. The van der Waals surface area contributed by atoms with Gasteiger partial charge in [0.15, 0.2) is 8.32 Å². The fourth-order valence-corrected chi connectivity index (χ4v) is 5.87. The molecule has 0 aromatic carbocycles. The normalized spacial score (nSPS) is 14.3. The van der Waals surface area contributed by atoms with Crippen LogP contribution in [-0.2, 0) is 4.43 Å². The second-order valence-electron chi connectivity index (χ2n) is 5.97. The van der Waals surface area contributed by atoms with Crippen LogP contribution in [0.25, 0.3) is 0 Å². The monoisotopic (exact) mass is 408 g/mol. The molecule has 19 heavy (non-hydrogen) atoms. The van der Waals surface area contributed by atoms with Crippen LogP contribution >= 0.6 is 22.6 Å². The lowest BCUT2D eigenvalue weighted by molar-refractivity contribution is 0.238. The van der Waals surface area contributed by atoms with E-state index in [-0.39, 0.29) is 6.10 Å². The zero-order valence-corrected chi connectivity index (χ0v) is 17.5. The summed E-state index contributed by atoms with van der Waals surface area (Å²) in [5, 5.41) is 0. The Hall–Kier alpha value is 0.424. The van der Waals surface area contributed by atoms with Gasteiger partial charge in [-0.3, -0.25) is 0 Å². The van der Waals surface area contributed by atoms with Crippen LogP contribution in [0.4, 0.5) is 0 Å². The number of halogens is 1. The highest BCUT2D eigenvalue weighted by Crippen LogP contribution is 2.24. The molecule has 0 rings (SSSR count). The van der Waals surface area contributed by atoms with Crippen molar-refractivity contribution in [3.8, 4) is 11.5 Å². The molecular weight excluding hydrogens is 379 g/mol. The second-order valence-corrected chi connectivity index (χ2v) is 16.2. The minimum Gasteiger partial charge on any atom is -0.410 e. The van der Waals surface area contributed by atoms with Crippen LogP contribution in [0.1, 0.15) is 27.2 Å². The quantitative estimate of drug-likeness (QED) is 0.303. The third-order valence-corrected chi connectivity index (χ3v) is 9.40. The number of hydrogen-bond acceptors (Lipinski definition) is 1. The van der Waals surface area contributed by atoms with Gasteiger partial charge in [0.2, 0.25) is 0 Å². The van der Waals surface area contributed by atoms with Gasteiger partial charge in [0.25, 0.3) is 0 Å². The molecule has 0 spiro atoms. The van der Waals surface area contributed by atoms with Gasteiger partial charge in [0.1, 0.15) is 8.07 Å². The number of rotatable bonds is 7. The van der Waals surface area contributed by atoms with Gasteiger partial charge in [0, 0.05) is 6.42 Å². The molecule has 0 saturated heterocycles. The summed E-state index contributed by atoms with van der Waals surface area (Å²) in [6.45, 7) is 13.7. The van der Waals surface area contributed by atoms with Crippen LogP contribution in [0, 0.1) is 11.5 Å². The van der Waals surface area contributed by atoms with E-state index in [2.05, 4.69) is 84.6 Å². The Morgan fingerprint density at radius 1 is 1.11 bits per heavy atom. The standard InChI is InChI=1S/C15H29IOSi2/c1-7-19(8-2,9-3)17-15(12-13-16)11-10-14-18(4,5)6/h12-13,15H,7-9,11H2,1-6H3/b13-12+/t15-/m1/s1. The van der Waals surface area contributed by atoms with Crippen LogP contribution in [-0.4, -0.2) is 22.5 Å². The van der Waals surface area contributed by atoms with Crippen molar-refractivity contribution in [1.29, 1.82) is 0 Å². The highest BCUT2D eigenvalue weighted by Gasteiger charge is 2.31. The molecule has 0 amide bonds. The van der Waals surface area contributed by atoms with Gasteiger partial charge in [-0.1, -0.05) is 69.1 Å². The van der Waals surface area contributed by atoms with Crippen molar-refractivity contribution in [2.75, 3.05) is 0 Å².